The van der Waals surface area contributed by atoms with Gasteiger partial charge in [0.25, 0.3) is 0 Å². The monoisotopic (exact) mass is 692 g/mol. The Bertz CT molecular complexity index is 1190. The van der Waals surface area contributed by atoms with Crippen molar-refractivity contribution in [2.45, 2.75) is 112 Å². The summed E-state index contributed by atoms with van der Waals surface area (Å²) in [5.74, 6) is 1.40. The molecule has 0 aromatic heterocycles. The number of ether oxygens (including phenoxy) is 1. The van der Waals surface area contributed by atoms with Gasteiger partial charge in [-0.25, -0.2) is 0 Å². The summed E-state index contributed by atoms with van der Waals surface area (Å²) >= 11 is 0. The molecule has 0 aliphatic carbocycles. The van der Waals surface area contributed by atoms with Crippen LogP contribution in [0.3, 0.4) is 0 Å². The topological polar surface area (TPSA) is 91.5 Å². The molecule has 2 aromatic carbocycles. The number of carbonyl (C=O) groups excluding carboxylic acids is 2. The molecule has 49 heavy (non-hydrogen) atoms. The SMILES string of the molecule is C=C1CNCCOc2ccccc2CCCNC(=O)C(CC)NC(=O)CN1.CCC.CCCCCC(C)C.Cc1cccc(C(F)(F)F)c1. The maximum absolute atomic E-state index is 12.3. The predicted octanol–water partition coefficient (Wildman–Crippen LogP) is 8.37. The van der Waals surface area contributed by atoms with Crippen LogP contribution in [0.4, 0.5) is 13.2 Å². The molecule has 1 atom stereocenters. The molecule has 2 aromatic rings. The first-order valence-electron chi connectivity index (χ1n) is 17.8. The van der Waals surface area contributed by atoms with E-state index in [4.69, 9.17) is 4.74 Å². The lowest BCUT2D eigenvalue weighted by Crippen LogP contribution is -2.49. The molecule has 278 valence electrons. The number of alkyl halides is 3. The molecule has 0 saturated heterocycles. The predicted molar refractivity (Wildman–Crippen MR) is 197 cm³/mol. The lowest BCUT2D eigenvalue weighted by molar-refractivity contribution is -0.137. The van der Waals surface area contributed by atoms with Crippen LogP contribution in [0.2, 0.25) is 0 Å². The van der Waals surface area contributed by atoms with E-state index >= 15 is 0 Å². The van der Waals surface area contributed by atoms with E-state index < -0.39 is 17.8 Å². The van der Waals surface area contributed by atoms with Crippen LogP contribution in [-0.2, 0) is 22.2 Å². The third kappa shape index (κ3) is 23.5. The van der Waals surface area contributed by atoms with Gasteiger partial charge >= 0.3 is 6.18 Å². The Kier molecular flexibility index (Phi) is 25.3. The quantitative estimate of drug-likeness (QED) is 0.237. The van der Waals surface area contributed by atoms with Crippen LogP contribution >= 0.6 is 0 Å². The van der Waals surface area contributed by atoms with Gasteiger partial charge in [0.15, 0.2) is 0 Å². The van der Waals surface area contributed by atoms with Crippen LogP contribution < -0.4 is 26.0 Å². The molecular formula is C39H63F3N4O3. The van der Waals surface area contributed by atoms with Gasteiger partial charge in [0.1, 0.15) is 18.4 Å². The highest BCUT2D eigenvalue weighted by Crippen LogP contribution is 2.29. The van der Waals surface area contributed by atoms with E-state index in [1.807, 2.05) is 31.2 Å². The number of amides is 2. The molecule has 4 N–H and O–H groups in total. The van der Waals surface area contributed by atoms with Gasteiger partial charge in [-0.2, -0.15) is 13.2 Å². The smallest absolute Gasteiger partial charge is 0.416 e. The number of benzene rings is 2. The van der Waals surface area contributed by atoms with E-state index in [1.54, 1.807) is 13.0 Å². The molecule has 3 rings (SSSR count). The fraction of sp³-hybridized carbons (Fsp3) is 0.590. The van der Waals surface area contributed by atoms with Gasteiger partial charge in [0.05, 0.1) is 12.1 Å². The Morgan fingerprint density at radius 1 is 0.939 bits per heavy atom. The van der Waals surface area contributed by atoms with Crippen LogP contribution in [0.5, 0.6) is 5.75 Å². The maximum atomic E-state index is 12.3. The molecule has 0 fully saturated rings. The standard InChI is InChI=1S/C20H30N4O3.C8H7F3.C8H18.C3H8/c1-3-17-20(26)22-10-6-8-16-7-4-5-9-18(16)27-12-11-21-13-15(2)23-14-19(25)24-17;1-6-3-2-4-7(5-6)8(9,10)11;1-4-5-6-7-8(2)3;1-3-2/h4-5,7,9,17,21,23H,2-3,6,8,10-14H2,1H3,(H,22,26)(H,24,25);2-5H,1H3;8H,4-7H2,1-3H3;3H2,1-2H3. The Labute approximate surface area is 294 Å². The van der Waals surface area contributed by atoms with Crippen molar-refractivity contribution in [2.24, 2.45) is 5.92 Å². The van der Waals surface area contributed by atoms with Gasteiger partial charge in [0, 0.05) is 25.3 Å². The second kappa shape index (κ2) is 27.3. The van der Waals surface area contributed by atoms with Gasteiger partial charge in [-0.3, -0.25) is 9.59 Å². The minimum atomic E-state index is -4.22. The molecule has 1 unspecified atom stereocenters. The second-order valence-electron chi connectivity index (χ2n) is 12.5. The minimum absolute atomic E-state index is 0.0914. The highest BCUT2D eigenvalue weighted by atomic mass is 19.4. The van der Waals surface area contributed by atoms with Crippen LogP contribution in [0.1, 0.15) is 103 Å². The van der Waals surface area contributed by atoms with E-state index in [-0.39, 0.29) is 18.4 Å². The largest absolute Gasteiger partial charge is 0.492 e. The van der Waals surface area contributed by atoms with Crippen molar-refractivity contribution in [1.82, 2.24) is 21.3 Å². The van der Waals surface area contributed by atoms with E-state index in [0.717, 1.165) is 42.2 Å². The average molecular weight is 693 g/mol. The fourth-order valence-corrected chi connectivity index (χ4v) is 4.43. The third-order valence-electron chi connectivity index (χ3n) is 7.06. The summed E-state index contributed by atoms with van der Waals surface area (Å²) in [6.07, 6.45) is 4.79. The number of carbonyl (C=O) groups is 2. The number of hydrogen-bond acceptors (Lipinski definition) is 5. The molecule has 1 heterocycles. The fourth-order valence-electron chi connectivity index (χ4n) is 4.43. The number of halogens is 3. The van der Waals surface area contributed by atoms with Gasteiger partial charge in [-0.1, -0.05) is 122 Å². The lowest BCUT2D eigenvalue weighted by atomic mass is 10.1. The zero-order valence-electron chi connectivity index (χ0n) is 31.0. The van der Waals surface area contributed by atoms with E-state index in [0.29, 0.717) is 43.9 Å². The summed E-state index contributed by atoms with van der Waals surface area (Å²) in [7, 11) is 0. The Hall–Kier alpha value is -3.53. The maximum Gasteiger partial charge on any atom is 0.416 e. The van der Waals surface area contributed by atoms with Crippen LogP contribution in [-0.4, -0.2) is 50.6 Å². The summed E-state index contributed by atoms with van der Waals surface area (Å²) in [6, 6.07) is 12.7. The Morgan fingerprint density at radius 2 is 1.63 bits per heavy atom. The molecule has 0 saturated carbocycles. The normalized spacial score (nSPS) is 16.1. The van der Waals surface area contributed by atoms with Crippen molar-refractivity contribution < 1.29 is 27.5 Å². The van der Waals surface area contributed by atoms with Crippen LogP contribution in [0.15, 0.2) is 60.8 Å². The van der Waals surface area contributed by atoms with Crippen molar-refractivity contribution in [3.63, 3.8) is 0 Å². The molecule has 1 aliphatic rings. The third-order valence-corrected chi connectivity index (χ3v) is 7.06. The minimum Gasteiger partial charge on any atom is -0.492 e. The van der Waals surface area contributed by atoms with Crippen LogP contribution in [0, 0.1) is 12.8 Å². The van der Waals surface area contributed by atoms with Crippen molar-refractivity contribution >= 4 is 11.8 Å². The Balaban J connectivity index is 0.000000853. The van der Waals surface area contributed by atoms with Gasteiger partial charge in [-0.15, -0.1) is 0 Å². The summed E-state index contributed by atoms with van der Waals surface area (Å²) in [5.41, 5.74) is 1.88. The summed E-state index contributed by atoms with van der Waals surface area (Å²) in [6.45, 7) is 20.9. The van der Waals surface area contributed by atoms with E-state index in [1.165, 1.54) is 38.2 Å². The van der Waals surface area contributed by atoms with Crippen LogP contribution in [0.25, 0.3) is 0 Å². The molecule has 0 spiro atoms. The number of unbranched alkanes of at least 4 members (excludes halogenated alkanes) is 2. The molecule has 7 nitrogen and oxygen atoms in total. The second-order valence-corrected chi connectivity index (χ2v) is 12.5. The molecule has 0 radical (unpaired) electrons. The van der Waals surface area contributed by atoms with Crippen molar-refractivity contribution in [2.75, 3.05) is 32.8 Å². The van der Waals surface area contributed by atoms with E-state index in [2.05, 4.69) is 62.5 Å². The zero-order chi connectivity index (χ0) is 37.1. The Morgan fingerprint density at radius 3 is 2.22 bits per heavy atom. The zero-order valence-corrected chi connectivity index (χ0v) is 31.0. The number of hydrogen-bond donors (Lipinski definition) is 4. The van der Waals surface area contributed by atoms with Gasteiger partial charge in [-0.05, 0) is 49.8 Å². The highest BCUT2D eigenvalue weighted by Gasteiger charge is 2.29. The van der Waals surface area contributed by atoms with Crippen molar-refractivity contribution in [3.05, 3.63) is 77.5 Å². The molecule has 10 heteroatoms. The van der Waals surface area contributed by atoms with Gasteiger partial charge < -0.3 is 26.0 Å². The lowest BCUT2D eigenvalue weighted by Gasteiger charge is -2.18. The molecular weight excluding hydrogens is 629 g/mol. The number of rotatable bonds is 5. The van der Waals surface area contributed by atoms with E-state index in [9.17, 15) is 22.8 Å². The first-order valence-corrected chi connectivity index (χ1v) is 17.8. The number of fused-ring (bicyclic) bond motifs is 1. The van der Waals surface area contributed by atoms with Gasteiger partial charge in [0.2, 0.25) is 11.8 Å². The summed E-state index contributed by atoms with van der Waals surface area (Å²) in [5, 5.41) is 11.9. The molecule has 2 amide bonds. The first kappa shape index (κ1) is 45.5. The number of aryl methyl sites for hydroxylation is 2. The number of nitrogens with one attached hydrogen (secondary N) is 4. The number of para-hydroxylation sites is 1. The highest BCUT2D eigenvalue weighted by molar-refractivity contribution is 5.88. The summed E-state index contributed by atoms with van der Waals surface area (Å²) in [4.78, 5) is 24.3. The van der Waals surface area contributed by atoms with Crippen molar-refractivity contribution in [3.8, 4) is 5.75 Å². The van der Waals surface area contributed by atoms with Crippen molar-refractivity contribution in [1.29, 1.82) is 0 Å². The molecule has 0 bridgehead atoms. The first-order chi connectivity index (χ1) is 23.3. The average Bonchev–Trinajstić information content (AvgIpc) is 3.05. The molecule has 1 aliphatic heterocycles. The summed E-state index contributed by atoms with van der Waals surface area (Å²) < 4.78 is 41.8.